The molecule has 0 aromatic heterocycles. The van der Waals surface area contributed by atoms with Crippen LogP contribution in [0.5, 0.6) is 0 Å². The van der Waals surface area contributed by atoms with Gasteiger partial charge in [-0.25, -0.2) is 8.42 Å². The van der Waals surface area contributed by atoms with Crippen LogP contribution in [0.2, 0.25) is 0 Å². The Balaban J connectivity index is 1.55. The monoisotopic (exact) mass is 633 g/mol. The van der Waals surface area contributed by atoms with E-state index in [9.17, 15) is 18.0 Å². The van der Waals surface area contributed by atoms with Gasteiger partial charge in [0.15, 0.2) is 0 Å². The van der Waals surface area contributed by atoms with Crippen molar-refractivity contribution < 1.29 is 22.7 Å². The molecule has 0 bridgehead atoms. The molecule has 0 spiro atoms. The van der Waals surface area contributed by atoms with Gasteiger partial charge in [0.2, 0.25) is 5.91 Å². The lowest BCUT2D eigenvalue weighted by atomic mass is 10.1. The van der Waals surface area contributed by atoms with Gasteiger partial charge in [0.25, 0.3) is 10.0 Å². The fourth-order valence-corrected chi connectivity index (χ4v) is 6.40. The first-order chi connectivity index (χ1) is 17.7. The Bertz CT molecular complexity index is 1400. The van der Waals surface area contributed by atoms with Crippen LogP contribution in [0.4, 0.5) is 11.4 Å². The molecular formula is C27H28IN3O5S. The molecule has 3 aromatic rings. The number of nitrogens with one attached hydrogen (secondary N) is 1. The molecule has 1 aliphatic heterocycles. The number of carbonyl (C=O) groups excluding carboxylic acids is 2. The first-order valence-electron chi connectivity index (χ1n) is 11.7. The Kier molecular flexibility index (Phi) is 8.38. The summed E-state index contributed by atoms with van der Waals surface area (Å²) in [6, 6.07) is 20.5. The number of methoxy groups -OCH3 is 1. The normalized spacial score (nSPS) is 14.7. The third kappa shape index (κ3) is 5.90. The van der Waals surface area contributed by atoms with Crippen molar-refractivity contribution in [3.8, 4) is 0 Å². The van der Waals surface area contributed by atoms with Crippen LogP contribution >= 0.6 is 22.6 Å². The van der Waals surface area contributed by atoms with E-state index in [1.54, 1.807) is 36.4 Å². The summed E-state index contributed by atoms with van der Waals surface area (Å²) in [5.41, 5.74) is 3.04. The van der Waals surface area contributed by atoms with E-state index in [4.69, 9.17) is 4.74 Å². The number of esters is 1. The van der Waals surface area contributed by atoms with Gasteiger partial charge in [0, 0.05) is 35.8 Å². The first kappa shape index (κ1) is 26.9. The molecule has 1 amide bonds. The average Bonchev–Trinajstić information content (AvgIpc) is 3.31. The molecule has 37 heavy (non-hydrogen) atoms. The van der Waals surface area contributed by atoms with Gasteiger partial charge < -0.3 is 15.0 Å². The van der Waals surface area contributed by atoms with Crippen molar-refractivity contribution in [2.45, 2.75) is 30.3 Å². The molecule has 0 saturated carbocycles. The van der Waals surface area contributed by atoms with Crippen molar-refractivity contribution in [2.75, 3.05) is 29.9 Å². The fourth-order valence-electron chi connectivity index (χ4n) is 4.39. The molecule has 0 saturated heterocycles. The number of fused-ring (bicyclic) bond motifs is 1. The predicted molar refractivity (Wildman–Crippen MR) is 151 cm³/mol. The lowest BCUT2D eigenvalue weighted by Crippen LogP contribution is -2.47. The second-order valence-corrected chi connectivity index (χ2v) is 11.8. The van der Waals surface area contributed by atoms with Gasteiger partial charge in [0.05, 0.1) is 24.1 Å². The number of carbonyl (C=O) groups is 2. The van der Waals surface area contributed by atoms with Gasteiger partial charge in [-0.05, 0) is 70.1 Å². The average molecular weight is 634 g/mol. The molecular weight excluding hydrogens is 605 g/mol. The number of anilines is 2. The molecule has 1 atom stereocenters. The molecule has 0 radical (unpaired) electrons. The quantitative estimate of drug-likeness (QED) is 0.285. The Labute approximate surface area is 230 Å². The van der Waals surface area contributed by atoms with Crippen molar-refractivity contribution >= 4 is 55.9 Å². The number of halogens is 1. The number of hydrogen-bond donors (Lipinski definition) is 1. The Morgan fingerprint density at radius 1 is 1.05 bits per heavy atom. The molecule has 3 aromatic carbocycles. The van der Waals surface area contributed by atoms with E-state index in [0.29, 0.717) is 12.2 Å². The van der Waals surface area contributed by atoms with Crippen molar-refractivity contribution in [1.82, 2.24) is 5.32 Å². The number of benzene rings is 3. The van der Waals surface area contributed by atoms with E-state index in [1.165, 1.54) is 11.4 Å². The lowest BCUT2D eigenvalue weighted by molar-refractivity contribution is -0.140. The highest BCUT2D eigenvalue weighted by atomic mass is 127. The van der Waals surface area contributed by atoms with Crippen LogP contribution in [0, 0.1) is 3.57 Å². The zero-order chi connectivity index (χ0) is 26.6. The third-order valence-electron chi connectivity index (χ3n) is 6.33. The minimum Gasteiger partial charge on any atom is -0.469 e. The maximum Gasteiger partial charge on any atom is 0.307 e. The van der Waals surface area contributed by atoms with Crippen LogP contribution in [0.15, 0.2) is 77.7 Å². The van der Waals surface area contributed by atoms with E-state index in [1.807, 2.05) is 48.3 Å². The van der Waals surface area contributed by atoms with E-state index in [-0.39, 0.29) is 36.2 Å². The minimum absolute atomic E-state index is 0.139. The molecule has 194 valence electrons. The van der Waals surface area contributed by atoms with Crippen LogP contribution in [0.3, 0.4) is 0 Å². The highest BCUT2D eigenvalue weighted by Crippen LogP contribution is 2.37. The van der Waals surface area contributed by atoms with Crippen LogP contribution in [0.25, 0.3) is 0 Å². The van der Waals surface area contributed by atoms with Crippen LogP contribution in [0.1, 0.15) is 17.5 Å². The van der Waals surface area contributed by atoms with Gasteiger partial charge in [-0.15, -0.1) is 0 Å². The zero-order valence-corrected chi connectivity index (χ0v) is 23.5. The summed E-state index contributed by atoms with van der Waals surface area (Å²) in [6.45, 7) is 0.666. The lowest BCUT2D eigenvalue weighted by Gasteiger charge is -2.27. The molecule has 1 aliphatic rings. The molecule has 1 heterocycles. The smallest absolute Gasteiger partial charge is 0.307 e. The fraction of sp³-hybridized carbons (Fsp3) is 0.259. The number of amides is 1. The predicted octanol–water partition coefficient (Wildman–Crippen LogP) is 3.73. The summed E-state index contributed by atoms with van der Waals surface area (Å²) in [4.78, 5) is 27.1. The highest BCUT2D eigenvalue weighted by molar-refractivity contribution is 14.1. The van der Waals surface area contributed by atoms with Crippen LogP contribution < -0.4 is 14.5 Å². The summed E-state index contributed by atoms with van der Waals surface area (Å²) < 4.78 is 34.3. The summed E-state index contributed by atoms with van der Waals surface area (Å²) in [7, 11) is -0.745. The SMILES string of the molecule is COC(=O)CCN(C)c1ccccc1CNC(=O)[C@@H]1Cc2ccccc2N1S(=O)(=O)c1ccc(I)cc1. The van der Waals surface area contributed by atoms with Gasteiger partial charge in [-0.3, -0.25) is 13.9 Å². The number of rotatable bonds is 9. The maximum atomic E-state index is 13.7. The largest absolute Gasteiger partial charge is 0.469 e. The van der Waals surface area contributed by atoms with Crippen LogP contribution in [-0.2, 0) is 37.3 Å². The minimum atomic E-state index is -3.97. The van der Waals surface area contributed by atoms with E-state index in [0.717, 1.165) is 20.4 Å². The molecule has 0 fully saturated rings. The molecule has 4 rings (SSSR count). The molecule has 0 aliphatic carbocycles. The Morgan fingerprint density at radius 2 is 1.73 bits per heavy atom. The molecule has 10 heteroatoms. The summed E-state index contributed by atoms with van der Waals surface area (Å²) >= 11 is 2.12. The Hall–Kier alpha value is -3.12. The second-order valence-electron chi connectivity index (χ2n) is 8.70. The zero-order valence-electron chi connectivity index (χ0n) is 20.6. The van der Waals surface area contributed by atoms with Crippen molar-refractivity contribution in [1.29, 1.82) is 0 Å². The number of para-hydroxylation sites is 2. The van der Waals surface area contributed by atoms with E-state index in [2.05, 4.69) is 27.9 Å². The standard InChI is InChI=1S/C27H28IN3O5S/c1-30(16-15-26(32)36-2)23-9-5-4-8-20(23)18-29-27(33)25-17-19-7-3-6-10-24(19)31(25)37(34,35)22-13-11-21(28)12-14-22/h3-14,25H,15-18H2,1-2H3,(H,29,33)/t25-/m0/s1. The molecule has 1 N–H and O–H groups in total. The summed E-state index contributed by atoms with van der Waals surface area (Å²) in [5, 5.41) is 2.95. The van der Waals surface area contributed by atoms with Crippen LogP contribution in [-0.4, -0.2) is 47.0 Å². The number of hydrogen-bond acceptors (Lipinski definition) is 6. The van der Waals surface area contributed by atoms with Crippen molar-refractivity contribution in [3.05, 3.63) is 87.5 Å². The van der Waals surface area contributed by atoms with E-state index >= 15 is 0 Å². The summed E-state index contributed by atoms with van der Waals surface area (Å²) in [6.07, 6.45) is 0.520. The molecule has 8 nitrogen and oxygen atoms in total. The number of sulfonamides is 1. The van der Waals surface area contributed by atoms with Gasteiger partial charge in [-0.2, -0.15) is 0 Å². The number of nitrogens with zero attached hydrogens (tertiary/aromatic N) is 2. The van der Waals surface area contributed by atoms with Crippen molar-refractivity contribution in [2.24, 2.45) is 0 Å². The first-order valence-corrected chi connectivity index (χ1v) is 14.3. The maximum absolute atomic E-state index is 13.7. The second kappa shape index (κ2) is 11.5. The number of ether oxygens (including phenoxy) is 1. The topological polar surface area (TPSA) is 96.0 Å². The third-order valence-corrected chi connectivity index (χ3v) is 8.89. The van der Waals surface area contributed by atoms with Gasteiger partial charge in [0.1, 0.15) is 6.04 Å². The Morgan fingerprint density at radius 3 is 2.46 bits per heavy atom. The van der Waals surface area contributed by atoms with E-state index < -0.39 is 16.1 Å². The van der Waals surface area contributed by atoms with Gasteiger partial charge in [-0.1, -0.05) is 36.4 Å². The van der Waals surface area contributed by atoms with Crippen molar-refractivity contribution in [3.63, 3.8) is 0 Å². The summed E-state index contributed by atoms with van der Waals surface area (Å²) in [5.74, 6) is -0.676. The molecule has 0 unspecified atom stereocenters. The van der Waals surface area contributed by atoms with Gasteiger partial charge >= 0.3 is 5.97 Å². The highest BCUT2D eigenvalue weighted by Gasteiger charge is 2.42.